The van der Waals surface area contributed by atoms with Crippen molar-refractivity contribution in [2.24, 2.45) is 5.41 Å². The molecule has 2 aliphatic rings. The maximum atomic E-state index is 12.3. The molecule has 0 unspecified atom stereocenters. The second-order valence-electron chi connectivity index (χ2n) is 5.84. The summed E-state index contributed by atoms with van der Waals surface area (Å²) in [5.41, 5.74) is -0.320. The van der Waals surface area contributed by atoms with Crippen LogP contribution in [0.25, 0.3) is 0 Å². The molecule has 20 heavy (non-hydrogen) atoms. The molecule has 5 nitrogen and oxygen atoms in total. The number of hydrogen-bond donors (Lipinski definition) is 1. The highest BCUT2D eigenvalue weighted by Crippen LogP contribution is 2.43. The predicted octanol–water partition coefficient (Wildman–Crippen LogP) is 1.42. The zero-order valence-corrected chi connectivity index (χ0v) is 11.7. The number of hydrogen-bond acceptors (Lipinski definition) is 3. The minimum atomic E-state index is -0.320. The third kappa shape index (κ3) is 2.20. The van der Waals surface area contributed by atoms with Crippen molar-refractivity contribution in [3.63, 3.8) is 0 Å². The number of aromatic nitrogens is 3. The first-order chi connectivity index (χ1) is 9.75. The number of nitrogens with zero attached hydrogens (tertiary/aromatic N) is 3. The topological polar surface area (TPSA) is 59.8 Å². The summed E-state index contributed by atoms with van der Waals surface area (Å²) in [4.78, 5) is 12.3. The summed E-state index contributed by atoms with van der Waals surface area (Å²) in [7, 11) is 0. The van der Waals surface area contributed by atoms with E-state index in [1.165, 1.54) is 6.42 Å². The number of carbonyl (C=O) groups is 1. The number of amides is 1. The van der Waals surface area contributed by atoms with Gasteiger partial charge in [0, 0.05) is 19.4 Å². The van der Waals surface area contributed by atoms with Gasteiger partial charge >= 0.3 is 0 Å². The fraction of sp³-hybridized carbons (Fsp3) is 0.667. The van der Waals surface area contributed by atoms with Crippen molar-refractivity contribution in [3.05, 3.63) is 11.6 Å². The van der Waals surface area contributed by atoms with Crippen molar-refractivity contribution in [1.82, 2.24) is 20.1 Å². The van der Waals surface area contributed by atoms with Gasteiger partial charge in [-0.2, -0.15) is 0 Å². The SMILES string of the molecule is C#CCC1(C(=O)NCc2nnc3n2CCCC3)CCC1. The molecule has 1 aromatic heterocycles. The highest BCUT2D eigenvalue weighted by molar-refractivity contribution is 5.83. The van der Waals surface area contributed by atoms with E-state index in [9.17, 15) is 4.79 Å². The molecule has 1 saturated carbocycles. The zero-order chi connectivity index (χ0) is 14.0. The highest BCUT2D eigenvalue weighted by Gasteiger charge is 2.43. The van der Waals surface area contributed by atoms with Crippen LogP contribution >= 0.6 is 0 Å². The van der Waals surface area contributed by atoms with Crippen molar-refractivity contribution in [3.8, 4) is 12.3 Å². The molecule has 1 aliphatic carbocycles. The quantitative estimate of drug-likeness (QED) is 0.843. The number of terminal acetylenes is 1. The molecule has 1 aliphatic heterocycles. The standard InChI is InChI=1S/C15H20N4O/c1-2-7-15(8-5-9-15)14(20)16-11-13-18-17-12-6-3-4-10-19(12)13/h1H,3-11H2,(H,16,20). The van der Waals surface area contributed by atoms with E-state index in [0.717, 1.165) is 50.3 Å². The molecule has 5 heteroatoms. The van der Waals surface area contributed by atoms with Gasteiger partial charge in [-0.1, -0.05) is 6.42 Å². The molecule has 1 N–H and O–H groups in total. The number of carbonyl (C=O) groups excluding carboxylic acids is 1. The van der Waals surface area contributed by atoms with Gasteiger partial charge in [-0.3, -0.25) is 4.79 Å². The summed E-state index contributed by atoms with van der Waals surface area (Å²) in [6.07, 6.45) is 12.2. The molecule has 1 fully saturated rings. The second kappa shape index (κ2) is 5.28. The molecular weight excluding hydrogens is 252 g/mol. The van der Waals surface area contributed by atoms with Gasteiger partial charge in [-0.15, -0.1) is 22.5 Å². The molecule has 106 valence electrons. The van der Waals surface area contributed by atoms with Gasteiger partial charge in [-0.25, -0.2) is 0 Å². The van der Waals surface area contributed by atoms with Gasteiger partial charge < -0.3 is 9.88 Å². The Balaban J connectivity index is 1.63. The Kier molecular flexibility index (Phi) is 3.47. The Hall–Kier alpha value is -1.83. The summed E-state index contributed by atoms with van der Waals surface area (Å²) in [5.74, 6) is 4.63. The average molecular weight is 272 g/mol. The maximum Gasteiger partial charge on any atom is 0.227 e. The lowest BCUT2D eigenvalue weighted by molar-refractivity contribution is -0.135. The molecule has 1 amide bonds. The molecule has 0 spiro atoms. The minimum absolute atomic E-state index is 0.0786. The van der Waals surface area contributed by atoms with E-state index < -0.39 is 0 Å². The van der Waals surface area contributed by atoms with Crippen LogP contribution in [0, 0.1) is 17.8 Å². The van der Waals surface area contributed by atoms with Crippen molar-refractivity contribution < 1.29 is 4.79 Å². The molecule has 0 bridgehead atoms. The van der Waals surface area contributed by atoms with Crippen LogP contribution in [0.2, 0.25) is 0 Å². The molecule has 3 rings (SSSR count). The summed E-state index contributed by atoms with van der Waals surface area (Å²) in [6, 6.07) is 0. The molecule has 0 aromatic carbocycles. The van der Waals surface area contributed by atoms with E-state index in [1.54, 1.807) is 0 Å². The van der Waals surface area contributed by atoms with Crippen molar-refractivity contribution in [1.29, 1.82) is 0 Å². The van der Waals surface area contributed by atoms with Gasteiger partial charge in [0.1, 0.15) is 5.82 Å². The molecule has 0 saturated heterocycles. The summed E-state index contributed by atoms with van der Waals surface area (Å²) < 4.78 is 2.14. The molecular formula is C15H20N4O. The Morgan fingerprint density at radius 3 is 2.90 bits per heavy atom. The van der Waals surface area contributed by atoms with Crippen LogP contribution in [0.5, 0.6) is 0 Å². The van der Waals surface area contributed by atoms with Gasteiger partial charge in [0.05, 0.1) is 12.0 Å². The second-order valence-corrected chi connectivity index (χ2v) is 5.84. The average Bonchev–Trinajstić information content (AvgIpc) is 2.83. The van der Waals surface area contributed by atoms with E-state index in [0.29, 0.717) is 13.0 Å². The number of fused-ring (bicyclic) bond motifs is 1. The molecule has 1 aromatic rings. The smallest absolute Gasteiger partial charge is 0.227 e. The van der Waals surface area contributed by atoms with Crippen molar-refractivity contribution >= 4 is 5.91 Å². The van der Waals surface area contributed by atoms with Crippen LogP contribution in [-0.2, 0) is 24.3 Å². The van der Waals surface area contributed by atoms with Gasteiger partial charge in [-0.05, 0) is 25.7 Å². The van der Waals surface area contributed by atoms with Crippen LogP contribution in [0.15, 0.2) is 0 Å². The van der Waals surface area contributed by atoms with Crippen LogP contribution in [-0.4, -0.2) is 20.7 Å². The third-order valence-corrected chi connectivity index (χ3v) is 4.58. The Morgan fingerprint density at radius 1 is 1.35 bits per heavy atom. The normalized spacial score (nSPS) is 19.6. The monoisotopic (exact) mass is 272 g/mol. The number of aryl methyl sites for hydroxylation is 1. The molecule has 2 heterocycles. The van der Waals surface area contributed by atoms with E-state index >= 15 is 0 Å². The summed E-state index contributed by atoms with van der Waals surface area (Å²) in [6.45, 7) is 1.42. The van der Waals surface area contributed by atoms with Crippen molar-refractivity contribution in [2.75, 3.05) is 0 Å². The maximum absolute atomic E-state index is 12.3. The lowest BCUT2D eigenvalue weighted by Gasteiger charge is -2.38. The van der Waals surface area contributed by atoms with Gasteiger partial charge in [0.2, 0.25) is 5.91 Å². The van der Waals surface area contributed by atoms with E-state index in [2.05, 4.69) is 26.0 Å². The Bertz CT molecular complexity index is 551. The first-order valence-electron chi connectivity index (χ1n) is 7.38. The van der Waals surface area contributed by atoms with Crippen molar-refractivity contribution in [2.45, 2.75) is 58.0 Å². The van der Waals surface area contributed by atoms with Crippen LogP contribution in [0.4, 0.5) is 0 Å². The molecule has 0 atom stereocenters. The van der Waals surface area contributed by atoms with E-state index in [-0.39, 0.29) is 11.3 Å². The zero-order valence-electron chi connectivity index (χ0n) is 11.7. The Labute approximate surface area is 119 Å². The minimum Gasteiger partial charge on any atom is -0.348 e. The lowest BCUT2D eigenvalue weighted by Crippen LogP contribution is -2.45. The van der Waals surface area contributed by atoms with E-state index in [1.807, 2.05) is 0 Å². The van der Waals surface area contributed by atoms with E-state index in [4.69, 9.17) is 6.42 Å². The summed E-state index contributed by atoms with van der Waals surface area (Å²) in [5, 5.41) is 11.4. The fourth-order valence-electron chi connectivity index (χ4n) is 3.13. The largest absolute Gasteiger partial charge is 0.348 e. The van der Waals surface area contributed by atoms with Crippen LogP contribution < -0.4 is 5.32 Å². The Morgan fingerprint density at radius 2 is 2.20 bits per heavy atom. The first-order valence-corrected chi connectivity index (χ1v) is 7.38. The highest BCUT2D eigenvalue weighted by atomic mass is 16.2. The fourth-order valence-corrected chi connectivity index (χ4v) is 3.13. The summed E-state index contributed by atoms with van der Waals surface area (Å²) >= 11 is 0. The number of nitrogens with one attached hydrogen (secondary N) is 1. The number of rotatable bonds is 4. The predicted molar refractivity (Wildman–Crippen MR) is 74.5 cm³/mol. The first kappa shape index (κ1) is 13.2. The van der Waals surface area contributed by atoms with Crippen LogP contribution in [0.3, 0.4) is 0 Å². The van der Waals surface area contributed by atoms with Gasteiger partial charge in [0.25, 0.3) is 0 Å². The third-order valence-electron chi connectivity index (χ3n) is 4.58. The van der Waals surface area contributed by atoms with Gasteiger partial charge in [0.15, 0.2) is 5.82 Å². The lowest BCUT2D eigenvalue weighted by atomic mass is 9.66. The van der Waals surface area contributed by atoms with Crippen LogP contribution in [0.1, 0.15) is 50.2 Å². The molecule has 0 radical (unpaired) electrons.